The van der Waals surface area contributed by atoms with Crippen molar-refractivity contribution in [2.24, 2.45) is 0 Å². The SMILES string of the molecule is CC1(C)c2ccccc2N(c2cc(-n3c4ccccc4c4cc(N(c5ccccc5)c5ccccc5)ccc43)cc(N3c4ccccc4C(c4ccccc4)(c4ccccc4)c4ccncc43)n2)c2ccc(-n3c4ccccc4c4ccccc43)cc21. The van der Waals surface area contributed by atoms with Gasteiger partial charge in [-0.05, 0) is 130 Å². The number of hydrogen-bond donors (Lipinski definition) is 0. The molecule has 0 spiro atoms. The zero-order valence-corrected chi connectivity index (χ0v) is 48.1. The van der Waals surface area contributed by atoms with E-state index in [1.807, 2.05) is 12.4 Å². The molecule has 7 heteroatoms. The first-order chi connectivity index (χ1) is 42.9. The Bertz CT molecular complexity index is 4980. The molecule has 87 heavy (non-hydrogen) atoms. The van der Waals surface area contributed by atoms with Crippen LogP contribution in [0.4, 0.5) is 51.4 Å². The number of anilines is 9. The Morgan fingerprint density at radius 1 is 0.322 bits per heavy atom. The topological polar surface area (TPSA) is 45.4 Å². The fraction of sp³-hybridized carbons (Fsp3) is 0.0500. The van der Waals surface area contributed by atoms with Crippen molar-refractivity contribution in [2.75, 3.05) is 14.7 Å². The van der Waals surface area contributed by atoms with Crippen molar-refractivity contribution in [1.82, 2.24) is 19.1 Å². The predicted molar refractivity (Wildman–Crippen MR) is 359 cm³/mol. The first kappa shape index (κ1) is 50.3. The molecule has 0 atom stereocenters. The lowest BCUT2D eigenvalue weighted by atomic mass is 9.62. The molecular weight excluding hydrogens is 1060 g/mol. The van der Waals surface area contributed by atoms with Gasteiger partial charge in [0, 0.05) is 68.0 Å². The lowest BCUT2D eigenvalue weighted by molar-refractivity contribution is 0.631. The predicted octanol–water partition coefficient (Wildman–Crippen LogP) is 20.4. The molecule has 0 saturated heterocycles. The second-order valence-corrected chi connectivity index (χ2v) is 23.4. The summed E-state index contributed by atoms with van der Waals surface area (Å²) in [6, 6.07) is 108. The van der Waals surface area contributed by atoms with E-state index >= 15 is 0 Å². The number of benzene rings is 11. The quantitative estimate of drug-likeness (QED) is 0.144. The van der Waals surface area contributed by atoms with E-state index in [2.05, 4.69) is 335 Å². The summed E-state index contributed by atoms with van der Waals surface area (Å²) in [7, 11) is 0. The average molecular weight is 1120 g/mol. The Balaban J connectivity index is 0.943. The second kappa shape index (κ2) is 19.7. The Morgan fingerprint density at radius 3 is 1.37 bits per heavy atom. The molecule has 0 saturated carbocycles. The van der Waals surface area contributed by atoms with Crippen LogP contribution < -0.4 is 14.7 Å². The molecule has 6 heterocycles. The van der Waals surface area contributed by atoms with Crippen molar-refractivity contribution >= 4 is 95.1 Å². The summed E-state index contributed by atoms with van der Waals surface area (Å²) in [5, 5.41) is 4.76. The lowest BCUT2D eigenvalue weighted by Gasteiger charge is -2.46. The summed E-state index contributed by atoms with van der Waals surface area (Å²) in [5.41, 5.74) is 19.9. The van der Waals surface area contributed by atoms with Crippen LogP contribution in [0, 0.1) is 0 Å². The largest absolute Gasteiger partial charge is 0.310 e. The average Bonchev–Trinajstić information content (AvgIpc) is 1.62. The third kappa shape index (κ3) is 7.55. The van der Waals surface area contributed by atoms with Crippen LogP contribution in [-0.2, 0) is 10.8 Å². The van der Waals surface area contributed by atoms with Gasteiger partial charge in [-0.3, -0.25) is 14.8 Å². The molecule has 4 aromatic heterocycles. The normalized spacial score (nSPS) is 13.8. The van der Waals surface area contributed by atoms with Crippen LogP contribution in [0.1, 0.15) is 47.2 Å². The summed E-state index contributed by atoms with van der Waals surface area (Å²) in [5.74, 6) is 1.54. The molecule has 11 aromatic carbocycles. The van der Waals surface area contributed by atoms with Crippen LogP contribution in [0.15, 0.2) is 310 Å². The van der Waals surface area contributed by atoms with E-state index in [4.69, 9.17) is 9.97 Å². The Hall–Kier alpha value is -11.3. The minimum Gasteiger partial charge on any atom is -0.310 e. The number of para-hydroxylation sites is 7. The number of hydrogen-bond acceptors (Lipinski definition) is 5. The van der Waals surface area contributed by atoms with E-state index in [1.165, 1.54) is 44.1 Å². The number of rotatable bonds is 9. The van der Waals surface area contributed by atoms with E-state index < -0.39 is 10.8 Å². The summed E-state index contributed by atoms with van der Waals surface area (Å²) in [4.78, 5) is 18.2. The zero-order chi connectivity index (χ0) is 57.8. The maximum absolute atomic E-state index is 6.04. The molecule has 15 aromatic rings. The maximum atomic E-state index is 6.04. The van der Waals surface area contributed by atoms with Gasteiger partial charge in [0.2, 0.25) is 0 Å². The van der Waals surface area contributed by atoms with E-state index in [9.17, 15) is 0 Å². The van der Waals surface area contributed by atoms with Crippen LogP contribution >= 0.6 is 0 Å². The molecule has 17 rings (SSSR count). The highest BCUT2D eigenvalue weighted by Crippen LogP contribution is 2.59. The van der Waals surface area contributed by atoms with E-state index in [0.717, 1.165) is 95.8 Å². The molecular formula is C80H57N7. The molecule has 2 aliphatic rings. The fourth-order valence-corrected chi connectivity index (χ4v) is 14.7. The van der Waals surface area contributed by atoms with Crippen molar-refractivity contribution in [3.8, 4) is 11.4 Å². The molecule has 0 fully saturated rings. The first-order valence-corrected chi connectivity index (χ1v) is 29.9. The molecule has 2 aliphatic heterocycles. The number of fused-ring (bicyclic) bond motifs is 10. The van der Waals surface area contributed by atoms with Crippen LogP contribution in [0.25, 0.3) is 55.0 Å². The van der Waals surface area contributed by atoms with Gasteiger partial charge in [0.05, 0.1) is 62.1 Å². The van der Waals surface area contributed by atoms with Gasteiger partial charge in [-0.2, -0.15) is 0 Å². The van der Waals surface area contributed by atoms with Gasteiger partial charge in [0.1, 0.15) is 11.6 Å². The van der Waals surface area contributed by atoms with E-state index in [0.29, 0.717) is 0 Å². The standard InChI is InChI=1S/C80H57N7/c1-79(2)65-36-18-23-41-73(65)86(75-46-44-59(50-68(75)79)84-69-38-20-15-33-61(69)62-34-16-21-39-70(62)84)77-51-60(85-71-40-22-17-35-63(71)64-49-58(43-45-72(64)85)83(56-29-11-5-12-30-56)57-31-13-6-14-32-57)52-78(82-77)87-74-42-24-19-37-66(74)80(54-25-7-3-8-26-54,55-27-9-4-10-28-55)67-47-48-81-53-76(67)87/h3-53H,1-2H3. The van der Waals surface area contributed by atoms with Crippen molar-refractivity contribution in [2.45, 2.75) is 24.7 Å². The van der Waals surface area contributed by atoms with Gasteiger partial charge in [-0.1, -0.05) is 202 Å². The second-order valence-electron chi connectivity index (χ2n) is 23.4. The minimum atomic E-state index is -0.698. The van der Waals surface area contributed by atoms with Crippen molar-refractivity contribution in [1.29, 1.82) is 0 Å². The molecule has 0 unspecified atom stereocenters. The third-order valence-electron chi connectivity index (χ3n) is 18.4. The van der Waals surface area contributed by atoms with Crippen LogP contribution in [-0.4, -0.2) is 19.1 Å². The number of pyridine rings is 2. The summed E-state index contributed by atoms with van der Waals surface area (Å²) in [6.45, 7) is 4.74. The fourth-order valence-electron chi connectivity index (χ4n) is 14.7. The van der Waals surface area contributed by atoms with Crippen LogP contribution in [0.5, 0.6) is 0 Å². The van der Waals surface area contributed by atoms with Gasteiger partial charge in [-0.15, -0.1) is 0 Å². The Morgan fingerprint density at radius 2 is 0.770 bits per heavy atom. The molecule has 0 radical (unpaired) electrons. The highest BCUT2D eigenvalue weighted by atomic mass is 15.3. The molecule has 0 amide bonds. The van der Waals surface area contributed by atoms with Gasteiger partial charge < -0.3 is 14.0 Å². The molecule has 0 aliphatic carbocycles. The summed E-state index contributed by atoms with van der Waals surface area (Å²) >= 11 is 0. The van der Waals surface area contributed by atoms with E-state index in [-0.39, 0.29) is 0 Å². The van der Waals surface area contributed by atoms with Gasteiger partial charge >= 0.3 is 0 Å². The van der Waals surface area contributed by atoms with Crippen molar-refractivity contribution < 1.29 is 0 Å². The molecule has 412 valence electrons. The van der Waals surface area contributed by atoms with Gasteiger partial charge in [0.15, 0.2) is 0 Å². The summed E-state index contributed by atoms with van der Waals surface area (Å²) in [6.07, 6.45) is 3.98. The minimum absolute atomic E-state index is 0.399. The molecule has 7 nitrogen and oxygen atoms in total. The third-order valence-corrected chi connectivity index (χ3v) is 18.4. The van der Waals surface area contributed by atoms with Gasteiger partial charge in [-0.25, -0.2) is 4.98 Å². The van der Waals surface area contributed by atoms with Crippen LogP contribution in [0.2, 0.25) is 0 Å². The Labute approximate surface area is 505 Å². The van der Waals surface area contributed by atoms with Crippen molar-refractivity contribution in [3.05, 3.63) is 343 Å². The number of nitrogens with zero attached hydrogens (tertiary/aromatic N) is 7. The highest BCUT2D eigenvalue weighted by Gasteiger charge is 2.47. The molecule has 0 N–H and O–H groups in total. The highest BCUT2D eigenvalue weighted by molar-refractivity contribution is 6.12. The lowest BCUT2D eigenvalue weighted by Crippen LogP contribution is -2.38. The number of aromatic nitrogens is 4. The smallest absolute Gasteiger partial charge is 0.142 e. The van der Waals surface area contributed by atoms with Crippen molar-refractivity contribution in [3.63, 3.8) is 0 Å². The monoisotopic (exact) mass is 1120 g/mol. The van der Waals surface area contributed by atoms with E-state index in [1.54, 1.807) is 0 Å². The summed E-state index contributed by atoms with van der Waals surface area (Å²) < 4.78 is 4.88. The van der Waals surface area contributed by atoms with Gasteiger partial charge in [0.25, 0.3) is 0 Å². The first-order valence-electron chi connectivity index (χ1n) is 29.9. The Kier molecular flexibility index (Phi) is 11.4. The van der Waals surface area contributed by atoms with Crippen LogP contribution in [0.3, 0.4) is 0 Å². The maximum Gasteiger partial charge on any atom is 0.142 e. The zero-order valence-electron chi connectivity index (χ0n) is 48.1. The molecule has 0 bridgehead atoms.